The van der Waals surface area contributed by atoms with E-state index >= 15 is 0 Å². The van der Waals surface area contributed by atoms with E-state index < -0.39 is 0 Å². The molecular weight excluding hydrogens is 210 g/mol. The van der Waals surface area contributed by atoms with Gasteiger partial charge < -0.3 is 5.73 Å². The molecule has 1 atom stereocenters. The molecule has 1 saturated heterocycles. The van der Waals surface area contributed by atoms with E-state index in [2.05, 4.69) is 22.9 Å². The number of nitrogens with zero attached hydrogens (tertiary/aromatic N) is 2. The summed E-state index contributed by atoms with van der Waals surface area (Å²) in [5, 5.41) is 0. The van der Waals surface area contributed by atoms with Crippen molar-refractivity contribution in [3.05, 3.63) is 23.4 Å². The van der Waals surface area contributed by atoms with Gasteiger partial charge in [0.2, 0.25) is 0 Å². The Balaban J connectivity index is 2.11. The maximum atomic E-state index is 5.78. The van der Waals surface area contributed by atoms with Crippen molar-refractivity contribution in [2.75, 3.05) is 18.8 Å². The highest BCUT2D eigenvalue weighted by Gasteiger charge is 2.25. The van der Waals surface area contributed by atoms with Crippen LogP contribution in [0.2, 0.25) is 0 Å². The first-order chi connectivity index (χ1) is 8.22. The zero-order valence-corrected chi connectivity index (χ0v) is 10.9. The predicted molar refractivity (Wildman–Crippen MR) is 71.8 cm³/mol. The number of anilines is 1. The van der Waals surface area contributed by atoms with Gasteiger partial charge in [0.25, 0.3) is 0 Å². The summed E-state index contributed by atoms with van der Waals surface area (Å²) in [6.07, 6.45) is 7.07. The summed E-state index contributed by atoms with van der Waals surface area (Å²) >= 11 is 0. The molecule has 2 N–H and O–H groups in total. The molecule has 1 aliphatic heterocycles. The van der Waals surface area contributed by atoms with Crippen LogP contribution in [-0.2, 0) is 0 Å². The quantitative estimate of drug-likeness (QED) is 0.869. The number of pyridine rings is 1. The Morgan fingerprint density at radius 3 is 3.06 bits per heavy atom. The van der Waals surface area contributed by atoms with Crippen molar-refractivity contribution in [1.29, 1.82) is 0 Å². The van der Waals surface area contributed by atoms with Crippen LogP contribution in [0.1, 0.15) is 49.8 Å². The van der Waals surface area contributed by atoms with Gasteiger partial charge in [0, 0.05) is 12.2 Å². The van der Waals surface area contributed by atoms with E-state index in [-0.39, 0.29) is 0 Å². The summed E-state index contributed by atoms with van der Waals surface area (Å²) in [4.78, 5) is 6.88. The van der Waals surface area contributed by atoms with Crippen molar-refractivity contribution in [3.8, 4) is 0 Å². The molecule has 94 valence electrons. The SMILES string of the molecule is CCCCN1CCC[C@H]1c1cnc(N)c(C)c1. The largest absolute Gasteiger partial charge is 0.383 e. The molecule has 1 fully saturated rings. The Hall–Kier alpha value is -1.09. The normalized spacial score (nSPS) is 20.9. The van der Waals surface area contributed by atoms with Crippen LogP contribution in [0.4, 0.5) is 5.82 Å². The van der Waals surface area contributed by atoms with Crippen LogP contribution in [0.5, 0.6) is 0 Å². The summed E-state index contributed by atoms with van der Waals surface area (Å²) in [7, 11) is 0. The van der Waals surface area contributed by atoms with E-state index in [1.165, 1.54) is 44.3 Å². The third kappa shape index (κ3) is 2.78. The second-order valence-electron chi connectivity index (χ2n) is 5.02. The van der Waals surface area contributed by atoms with Crippen molar-refractivity contribution >= 4 is 5.82 Å². The maximum Gasteiger partial charge on any atom is 0.126 e. The Morgan fingerprint density at radius 1 is 1.53 bits per heavy atom. The van der Waals surface area contributed by atoms with Crippen LogP contribution in [-0.4, -0.2) is 23.0 Å². The molecule has 0 aliphatic carbocycles. The first kappa shape index (κ1) is 12.4. The van der Waals surface area contributed by atoms with Crippen LogP contribution >= 0.6 is 0 Å². The lowest BCUT2D eigenvalue weighted by Crippen LogP contribution is -2.24. The fourth-order valence-electron chi connectivity index (χ4n) is 2.62. The minimum Gasteiger partial charge on any atom is -0.383 e. The van der Waals surface area contributed by atoms with Crippen molar-refractivity contribution in [2.24, 2.45) is 0 Å². The fraction of sp³-hybridized carbons (Fsp3) is 0.643. The molecule has 2 heterocycles. The van der Waals surface area contributed by atoms with Gasteiger partial charge in [-0.1, -0.05) is 13.3 Å². The lowest BCUT2D eigenvalue weighted by Gasteiger charge is -2.24. The summed E-state index contributed by atoms with van der Waals surface area (Å²) in [5.41, 5.74) is 8.22. The van der Waals surface area contributed by atoms with Gasteiger partial charge in [0.1, 0.15) is 5.82 Å². The number of nitrogen functional groups attached to an aromatic ring is 1. The molecule has 1 aromatic heterocycles. The second-order valence-corrected chi connectivity index (χ2v) is 5.02. The lowest BCUT2D eigenvalue weighted by atomic mass is 10.0. The Bertz CT molecular complexity index is 376. The van der Waals surface area contributed by atoms with Gasteiger partial charge in [0.15, 0.2) is 0 Å². The molecule has 2 rings (SSSR count). The second kappa shape index (κ2) is 5.50. The minimum atomic E-state index is 0.563. The van der Waals surface area contributed by atoms with Gasteiger partial charge in [-0.2, -0.15) is 0 Å². The maximum absolute atomic E-state index is 5.78. The van der Waals surface area contributed by atoms with Crippen LogP contribution in [0.15, 0.2) is 12.3 Å². The van der Waals surface area contributed by atoms with Crippen LogP contribution in [0, 0.1) is 6.92 Å². The first-order valence-electron chi connectivity index (χ1n) is 6.68. The molecule has 0 amide bonds. The average molecular weight is 233 g/mol. The first-order valence-corrected chi connectivity index (χ1v) is 6.68. The van der Waals surface area contributed by atoms with Crippen LogP contribution in [0.25, 0.3) is 0 Å². The number of nitrogens with two attached hydrogens (primary N) is 1. The number of hydrogen-bond donors (Lipinski definition) is 1. The van der Waals surface area contributed by atoms with E-state index in [0.29, 0.717) is 11.9 Å². The van der Waals surface area contributed by atoms with E-state index in [1.54, 1.807) is 0 Å². The van der Waals surface area contributed by atoms with E-state index in [0.717, 1.165) is 5.56 Å². The Labute approximate surface area is 104 Å². The standard InChI is InChI=1S/C14H23N3/c1-3-4-7-17-8-5-6-13(17)12-9-11(2)14(15)16-10-12/h9-10,13H,3-8H2,1-2H3,(H2,15,16)/t13-/m0/s1. The van der Waals surface area contributed by atoms with E-state index in [4.69, 9.17) is 5.73 Å². The molecule has 0 saturated carbocycles. The zero-order valence-electron chi connectivity index (χ0n) is 10.9. The van der Waals surface area contributed by atoms with Gasteiger partial charge in [-0.3, -0.25) is 4.90 Å². The van der Waals surface area contributed by atoms with Gasteiger partial charge in [-0.05, 0) is 56.5 Å². The number of aryl methyl sites for hydroxylation is 1. The topological polar surface area (TPSA) is 42.2 Å². The number of hydrogen-bond acceptors (Lipinski definition) is 3. The molecule has 1 aliphatic rings. The van der Waals surface area contributed by atoms with E-state index in [9.17, 15) is 0 Å². The number of aromatic nitrogens is 1. The molecule has 3 nitrogen and oxygen atoms in total. The molecule has 0 unspecified atom stereocenters. The molecule has 17 heavy (non-hydrogen) atoms. The van der Waals surface area contributed by atoms with Crippen molar-refractivity contribution in [2.45, 2.75) is 45.6 Å². The summed E-state index contributed by atoms with van der Waals surface area (Å²) in [5.74, 6) is 0.659. The van der Waals surface area contributed by atoms with Crippen molar-refractivity contribution in [3.63, 3.8) is 0 Å². The third-order valence-electron chi connectivity index (χ3n) is 3.69. The summed E-state index contributed by atoms with van der Waals surface area (Å²) in [6.45, 7) is 6.73. The molecular formula is C14H23N3. The highest BCUT2D eigenvalue weighted by atomic mass is 15.2. The lowest BCUT2D eigenvalue weighted by molar-refractivity contribution is 0.253. The van der Waals surface area contributed by atoms with Crippen molar-refractivity contribution in [1.82, 2.24) is 9.88 Å². The zero-order chi connectivity index (χ0) is 12.3. The van der Waals surface area contributed by atoms with Gasteiger partial charge in [0.05, 0.1) is 0 Å². The monoisotopic (exact) mass is 233 g/mol. The fourth-order valence-corrected chi connectivity index (χ4v) is 2.62. The van der Waals surface area contributed by atoms with Gasteiger partial charge >= 0.3 is 0 Å². The van der Waals surface area contributed by atoms with E-state index in [1.807, 2.05) is 13.1 Å². The Kier molecular flexibility index (Phi) is 4.00. The molecule has 1 aromatic rings. The highest BCUT2D eigenvalue weighted by Crippen LogP contribution is 2.32. The molecule has 0 bridgehead atoms. The molecule has 0 radical (unpaired) electrons. The third-order valence-corrected chi connectivity index (χ3v) is 3.69. The predicted octanol–water partition coefficient (Wildman–Crippen LogP) is 2.91. The van der Waals surface area contributed by atoms with Gasteiger partial charge in [-0.15, -0.1) is 0 Å². The molecule has 0 aromatic carbocycles. The number of rotatable bonds is 4. The van der Waals surface area contributed by atoms with Crippen LogP contribution in [0.3, 0.4) is 0 Å². The summed E-state index contributed by atoms with van der Waals surface area (Å²) in [6, 6.07) is 2.77. The number of unbranched alkanes of at least 4 members (excludes halogenated alkanes) is 1. The smallest absolute Gasteiger partial charge is 0.126 e. The average Bonchev–Trinajstić information content (AvgIpc) is 2.78. The van der Waals surface area contributed by atoms with Crippen LogP contribution < -0.4 is 5.73 Å². The minimum absolute atomic E-state index is 0.563. The molecule has 3 heteroatoms. The highest BCUT2D eigenvalue weighted by molar-refractivity contribution is 5.40. The van der Waals surface area contributed by atoms with Gasteiger partial charge in [-0.25, -0.2) is 4.98 Å². The molecule has 0 spiro atoms. The summed E-state index contributed by atoms with van der Waals surface area (Å²) < 4.78 is 0. The number of likely N-dealkylation sites (tertiary alicyclic amines) is 1. The Morgan fingerprint density at radius 2 is 2.35 bits per heavy atom. The van der Waals surface area contributed by atoms with Crippen molar-refractivity contribution < 1.29 is 0 Å².